The first-order valence-corrected chi connectivity index (χ1v) is 12.1. The van der Waals surface area contributed by atoms with E-state index in [4.69, 9.17) is 4.74 Å². The summed E-state index contributed by atoms with van der Waals surface area (Å²) in [6.07, 6.45) is 4.88. The maximum absolute atomic E-state index is 13.3. The van der Waals surface area contributed by atoms with E-state index in [0.717, 1.165) is 31.2 Å². The third-order valence-corrected chi connectivity index (χ3v) is 6.37. The lowest BCUT2D eigenvalue weighted by Crippen LogP contribution is -2.52. The lowest BCUT2D eigenvalue weighted by Gasteiger charge is -2.31. The molecule has 2 aromatic carbocycles. The van der Waals surface area contributed by atoms with Gasteiger partial charge >= 0.3 is 0 Å². The molecule has 0 bridgehead atoms. The van der Waals surface area contributed by atoms with E-state index in [2.05, 4.69) is 26.1 Å². The molecule has 0 unspecified atom stereocenters. The average molecular weight is 451 g/mol. The number of nitrogens with one attached hydrogen (secondary N) is 1. The normalized spacial score (nSPS) is 15.2. The quantitative estimate of drug-likeness (QED) is 0.569. The number of carbonyl (C=O) groups is 2. The minimum atomic E-state index is -0.523. The second-order valence-corrected chi connectivity index (χ2v) is 9.98. The summed E-state index contributed by atoms with van der Waals surface area (Å²) in [6.45, 7) is 8.72. The first-order valence-electron chi connectivity index (χ1n) is 12.1. The van der Waals surface area contributed by atoms with Crippen LogP contribution in [0.15, 0.2) is 54.6 Å². The molecular weight excluding hydrogens is 412 g/mol. The minimum absolute atomic E-state index is 0.0574. The highest BCUT2D eigenvalue weighted by atomic mass is 16.5. The van der Waals surface area contributed by atoms with Crippen LogP contribution in [0.4, 0.5) is 0 Å². The Kier molecular flexibility index (Phi) is 8.54. The van der Waals surface area contributed by atoms with Crippen molar-refractivity contribution in [3.8, 4) is 5.75 Å². The minimum Gasteiger partial charge on any atom is -0.484 e. The van der Waals surface area contributed by atoms with Crippen molar-refractivity contribution in [2.45, 2.75) is 83.8 Å². The van der Waals surface area contributed by atoms with Gasteiger partial charge in [-0.1, -0.05) is 83.0 Å². The van der Waals surface area contributed by atoms with E-state index in [0.29, 0.717) is 18.7 Å². The number of benzene rings is 2. The molecule has 2 amide bonds. The van der Waals surface area contributed by atoms with Gasteiger partial charge in [-0.3, -0.25) is 9.59 Å². The van der Waals surface area contributed by atoms with Crippen molar-refractivity contribution in [1.82, 2.24) is 10.2 Å². The van der Waals surface area contributed by atoms with Crippen molar-refractivity contribution >= 4 is 11.8 Å². The Hall–Kier alpha value is -2.82. The standard InChI is InChI=1S/C28H38N2O3/c1-5-25(27(32)29-23-13-9-10-14-23)30(19-21-11-7-6-8-12-21)26(31)20-33-24-17-15-22(16-18-24)28(2,3)4/h6-8,11-12,15-18,23,25H,5,9-10,13-14,19-20H2,1-4H3,(H,29,32)/t25-/m0/s1. The molecule has 0 spiro atoms. The molecule has 1 aliphatic carbocycles. The van der Waals surface area contributed by atoms with Crippen molar-refractivity contribution in [3.05, 3.63) is 65.7 Å². The van der Waals surface area contributed by atoms with Crippen molar-refractivity contribution in [2.75, 3.05) is 6.61 Å². The van der Waals surface area contributed by atoms with Gasteiger partial charge < -0.3 is 15.0 Å². The van der Waals surface area contributed by atoms with Gasteiger partial charge in [-0.05, 0) is 47.9 Å². The fourth-order valence-electron chi connectivity index (χ4n) is 4.35. The van der Waals surface area contributed by atoms with Gasteiger partial charge in [-0.2, -0.15) is 0 Å². The zero-order chi connectivity index (χ0) is 23.8. The van der Waals surface area contributed by atoms with Crippen LogP contribution in [0.3, 0.4) is 0 Å². The zero-order valence-electron chi connectivity index (χ0n) is 20.5. The van der Waals surface area contributed by atoms with E-state index in [9.17, 15) is 9.59 Å². The average Bonchev–Trinajstić information content (AvgIpc) is 3.30. The fraction of sp³-hybridized carbons (Fsp3) is 0.500. The Morgan fingerprint density at radius 3 is 2.24 bits per heavy atom. The summed E-state index contributed by atoms with van der Waals surface area (Å²) in [7, 11) is 0. The molecule has 33 heavy (non-hydrogen) atoms. The number of nitrogens with zero attached hydrogens (tertiary/aromatic N) is 1. The Morgan fingerprint density at radius 2 is 1.67 bits per heavy atom. The Balaban J connectivity index is 1.71. The molecule has 0 aromatic heterocycles. The van der Waals surface area contributed by atoms with Crippen LogP contribution in [0.2, 0.25) is 0 Å². The van der Waals surface area contributed by atoms with Gasteiger partial charge in [0.15, 0.2) is 6.61 Å². The van der Waals surface area contributed by atoms with Crippen LogP contribution in [-0.2, 0) is 21.5 Å². The SMILES string of the molecule is CC[C@@H](C(=O)NC1CCCC1)N(Cc1ccccc1)C(=O)COc1ccc(C(C)(C)C)cc1. The maximum Gasteiger partial charge on any atom is 0.261 e. The zero-order valence-corrected chi connectivity index (χ0v) is 20.5. The predicted molar refractivity (Wildman–Crippen MR) is 132 cm³/mol. The molecule has 5 heteroatoms. The van der Waals surface area contributed by atoms with Crippen LogP contribution in [0.1, 0.15) is 70.9 Å². The molecule has 5 nitrogen and oxygen atoms in total. The molecule has 0 saturated heterocycles. The fourth-order valence-corrected chi connectivity index (χ4v) is 4.35. The number of rotatable bonds is 9. The summed E-state index contributed by atoms with van der Waals surface area (Å²) in [5.74, 6) is 0.398. The Morgan fingerprint density at radius 1 is 1.03 bits per heavy atom. The molecule has 3 rings (SSSR count). The van der Waals surface area contributed by atoms with Gasteiger partial charge in [0.1, 0.15) is 11.8 Å². The van der Waals surface area contributed by atoms with E-state index >= 15 is 0 Å². The lowest BCUT2D eigenvalue weighted by molar-refractivity contribution is -0.143. The van der Waals surface area contributed by atoms with Crippen molar-refractivity contribution in [1.29, 1.82) is 0 Å². The van der Waals surface area contributed by atoms with E-state index in [1.807, 2.05) is 61.5 Å². The van der Waals surface area contributed by atoms with Crippen molar-refractivity contribution < 1.29 is 14.3 Å². The Labute approximate surface area is 198 Å². The summed E-state index contributed by atoms with van der Waals surface area (Å²) in [5, 5.41) is 3.17. The molecular formula is C28H38N2O3. The van der Waals surface area contributed by atoms with Gasteiger partial charge in [0, 0.05) is 12.6 Å². The van der Waals surface area contributed by atoms with Crippen molar-refractivity contribution in [2.24, 2.45) is 0 Å². The van der Waals surface area contributed by atoms with E-state index in [1.54, 1.807) is 4.90 Å². The monoisotopic (exact) mass is 450 g/mol. The summed E-state index contributed by atoms with van der Waals surface area (Å²) < 4.78 is 5.84. The number of hydrogen-bond acceptors (Lipinski definition) is 3. The molecule has 2 aromatic rings. The molecule has 0 radical (unpaired) electrons. The van der Waals surface area contributed by atoms with Crippen LogP contribution in [0.25, 0.3) is 0 Å². The molecule has 0 aliphatic heterocycles. The topological polar surface area (TPSA) is 58.6 Å². The second kappa shape index (κ2) is 11.4. The highest BCUT2D eigenvalue weighted by Gasteiger charge is 2.30. The smallest absolute Gasteiger partial charge is 0.261 e. The summed E-state index contributed by atoms with van der Waals surface area (Å²) in [6, 6.07) is 17.4. The lowest BCUT2D eigenvalue weighted by atomic mass is 9.87. The number of amides is 2. The second-order valence-electron chi connectivity index (χ2n) is 9.98. The summed E-state index contributed by atoms with van der Waals surface area (Å²) in [4.78, 5) is 28.1. The highest BCUT2D eigenvalue weighted by molar-refractivity contribution is 5.88. The first kappa shape index (κ1) is 24.8. The molecule has 1 fully saturated rings. The molecule has 1 aliphatic rings. The third kappa shape index (κ3) is 7.08. The number of carbonyl (C=O) groups excluding carboxylic acids is 2. The van der Waals surface area contributed by atoms with Crippen LogP contribution < -0.4 is 10.1 Å². The molecule has 1 N–H and O–H groups in total. The summed E-state index contributed by atoms with van der Waals surface area (Å²) in [5.41, 5.74) is 2.26. The third-order valence-electron chi connectivity index (χ3n) is 6.37. The van der Waals surface area contributed by atoms with Gasteiger partial charge in [0.05, 0.1) is 0 Å². The molecule has 1 atom stereocenters. The molecule has 0 heterocycles. The van der Waals surface area contributed by atoms with Crippen LogP contribution in [0.5, 0.6) is 5.75 Å². The van der Waals surface area contributed by atoms with Crippen molar-refractivity contribution in [3.63, 3.8) is 0 Å². The van der Waals surface area contributed by atoms with Crippen LogP contribution in [0, 0.1) is 0 Å². The molecule has 1 saturated carbocycles. The summed E-state index contributed by atoms with van der Waals surface area (Å²) >= 11 is 0. The number of ether oxygens (including phenoxy) is 1. The van der Waals surface area contributed by atoms with Gasteiger partial charge in [-0.25, -0.2) is 0 Å². The number of hydrogen-bond donors (Lipinski definition) is 1. The van der Waals surface area contributed by atoms with Crippen LogP contribution in [-0.4, -0.2) is 35.4 Å². The molecule has 178 valence electrons. The van der Waals surface area contributed by atoms with Gasteiger partial charge in [0.2, 0.25) is 5.91 Å². The van der Waals surface area contributed by atoms with E-state index < -0.39 is 6.04 Å². The first-order chi connectivity index (χ1) is 15.8. The van der Waals surface area contributed by atoms with Crippen LogP contribution >= 0.6 is 0 Å². The van der Waals surface area contributed by atoms with E-state index in [-0.39, 0.29) is 29.9 Å². The van der Waals surface area contributed by atoms with E-state index in [1.165, 1.54) is 5.56 Å². The van der Waals surface area contributed by atoms with Gasteiger partial charge in [-0.15, -0.1) is 0 Å². The maximum atomic E-state index is 13.3. The largest absolute Gasteiger partial charge is 0.484 e. The predicted octanol–water partition coefficient (Wildman–Crippen LogP) is 5.23. The highest BCUT2D eigenvalue weighted by Crippen LogP contribution is 2.24. The van der Waals surface area contributed by atoms with Gasteiger partial charge in [0.25, 0.3) is 5.91 Å². The Bertz CT molecular complexity index is 897.